The van der Waals surface area contributed by atoms with Gasteiger partial charge in [-0.05, 0) is 30.5 Å². The molecule has 0 fully saturated rings. The van der Waals surface area contributed by atoms with Gasteiger partial charge in [-0.25, -0.2) is 4.79 Å². The lowest BCUT2D eigenvalue weighted by Gasteiger charge is -2.04. The van der Waals surface area contributed by atoms with Crippen LogP contribution in [0.25, 0.3) is 0 Å². The van der Waals surface area contributed by atoms with E-state index in [1.54, 1.807) is 0 Å². The smallest absolute Gasteiger partial charge is 0.417 e. The Morgan fingerprint density at radius 2 is 2.06 bits per heavy atom. The predicted octanol–water partition coefficient (Wildman–Crippen LogP) is 1.66. The van der Waals surface area contributed by atoms with Crippen molar-refractivity contribution in [2.75, 3.05) is 11.9 Å². The van der Waals surface area contributed by atoms with Gasteiger partial charge in [0.2, 0.25) is 5.91 Å². The molecule has 1 radical (unpaired) electrons. The Morgan fingerprint density at radius 3 is 2.62 bits per heavy atom. The third-order valence-electron chi connectivity index (χ3n) is 2.05. The summed E-state index contributed by atoms with van der Waals surface area (Å²) in [5, 5.41) is 2.69. The largest absolute Gasteiger partial charge is 0.457 e. The first kappa shape index (κ1) is 12.2. The van der Waals surface area contributed by atoms with Crippen LogP contribution >= 0.6 is 0 Å². The number of amides is 1. The Morgan fingerprint density at radius 1 is 1.38 bits per heavy atom. The topological polar surface area (TPSA) is 55.4 Å². The molecule has 0 bridgehead atoms. The van der Waals surface area contributed by atoms with Gasteiger partial charge in [-0.15, -0.1) is 0 Å². The molecule has 0 atom stereocenters. The summed E-state index contributed by atoms with van der Waals surface area (Å²) in [4.78, 5) is 20.6. The van der Waals surface area contributed by atoms with Crippen molar-refractivity contribution in [3.63, 3.8) is 0 Å². The zero-order valence-corrected chi connectivity index (χ0v) is 9.16. The van der Waals surface area contributed by atoms with Gasteiger partial charge in [-0.2, -0.15) is 0 Å². The molecule has 1 aromatic carbocycles. The number of rotatable bonds is 6. The average Bonchev–Trinajstić information content (AvgIpc) is 2.26. The second-order valence-electron chi connectivity index (χ2n) is 3.41. The van der Waals surface area contributed by atoms with E-state index in [2.05, 4.69) is 10.1 Å². The molecular weight excluding hydrogens is 206 g/mol. The molecule has 0 aliphatic rings. The highest BCUT2D eigenvalue weighted by Gasteiger charge is 1.97. The maximum absolute atomic E-state index is 10.8. The van der Waals surface area contributed by atoms with Crippen molar-refractivity contribution in [1.82, 2.24) is 0 Å². The molecule has 0 saturated carbocycles. The predicted molar refractivity (Wildman–Crippen MR) is 60.7 cm³/mol. The van der Waals surface area contributed by atoms with Crippen LogP contribution in [-0.4, -0.2) is 19.0 Å². The molecule has 0 heterocycles. The van der Waals surface area contributed by atoms with Crippen molar-refractivity contribution in [3.8, 4) is 0 Å². The van der Waals surface area contributed by atoms with Gasteiger partial charge < -0.3 is 10.1 Å². The van der Waals surface area contributed by atoms with Gasteiger partial charge in [0.1, 0.15) is 0 Å². The molecule has 85 valence electrons. The van der Waals surface area contributed by atoms with E-state index in [0.717, 1.165) is 24.1 Å². The Bertz CT molecular complexity index is 346. The summed E-state index contributed by atoms with van der Waals surface area (Å²) in [6, 6.07) is 7.58. The first-order valence-corrected chi connectivity index (χ1v) is 5.08. The molecule has 4 heteroatoms. The summed E-state index contributed by atoms with van der Waals surface area (Å²) < 4.78 is 4.47. The van der Waals surface area contributed by atoms with Crippen molar-refractivity contribution >= 4 is 18.1 Å². The highest BCUT2D eigenvalue weighted by atomic mass is 16.5. The van der Waals surface area contributed by atoms with Crippen molar-refractivity contribution in [2.24, 2.45) is 0 Å². The number of hydrogen-bond acceptors (Lipinski definition) is 3. The Balaban J connectivity index is 2.38. The van der Waals surface area contributed by atoms with Crippen LogP contribution in [-0.2, 0) is 20.7 Å². The molecule has 16 heavy (non-hydrogen) atoms. The van der Waals surface area contributed by atoms with Crippen LogP contribution < -0.4 is 5.32 Å². The van der Waals surface area contributed by atoms with Crippen molar-refractivity contribution in [3.05, 3.63) is 29.8 Å². The lowest BCUT2D eigenvalue weighted by atomic mass is 10.1. The van der Waals surface area contributed by atoms with Gasteiger partial charge in [0.05, 0.1) is 6.61 Å². The summed E-state index contributed by atoms with van der Waals surface area (Å²) in [5.74, 6) is -0.0809. The van der Waals surface area contributed by atoms with E-state index in [1.807, 2.05) is 24.3 Å². The monoisotopic (exact) mass is 220 g/mol. The van der Waals surface area contributed by atoms with Crippen LogP contribution in [0.3, 0.4) is 0 Å². The molecule has 1 rings (SSSR count). The molecule has 1 aromatic rings. The molecule has 0 saturated heterocycles. The number of benzene rings is 1. The first-order chi connectivity index (χ1) is 7.72. The van der Waals surface area contributed by atoms with Crippen LogP contribution in [0.5, 0.6) is 0 Å². The molecule has 1 amide bonds. The van der Waals surface area contributed by atoms with E-state index in [4.69, 9.17) is 0 Å². The highest BCUT2D eigenvalue weighted by Crippen LogP contribution is 2.10. The van der Waals surface area contributed by atoms with E-state index in [1.165, 1.54) is 13.4 Å². The van der Waals surface area contributed by atoms with Crippen molar-refractivity contribution in [2.45, 2.75) is 19.8 Å². The summed E-state index contributed by atoms with van der Waals surface area (Å²) in [7, 11) is 0. The maximum Gasteiger partial charge on any atom is 0.417 e. The van der Waals surface area contributed by atoms with Gasteiger partial charge in [-0.3, -0.25) is 4.79 Å². The summed E-state index contributed by atoms with van der Waals surface area (Å²) in [6.07, 6.45) is 1.61. The number of anilines is 1. The third kappa shape index (κ3) is 4.59. The molecule has 0 aliphatic heterocycles. The van der Waals surface area contributed by atoms with E-state index in [0.29, 0.717) is 6.61 Å². The average molecular weight is 220 g/mol. The second kappa shape index (κ2) is 6.61. The number of carbonyl (C=O) groups excluding carboxylic acids is 2. The zero-order chi connectivity index (χ0) is 11.8. The Labute approximate surface area is 94.6 Å². The van der Waals surface area contributed by atoms with E-state index in [-0.39, 0.29) is 5.91 Å². The van der Waals surface area contributed by atoms with Crippen LogP contribution in [0, 0.1) is 0 Å². The number of nitrogens with one attached hydrogen (secondary N) is 1. The van der Waals surface area contributed by atoms with E-state index >= 15 is 0 Å². The Kier molecular flexibility index (Phi) is 5.05. The van der Waals surface area contributed by atoms with Gasteiger partial charge in [0.25, 0.3) is 0 Å². The van der Waals surface area contributed by atoms with E-state index in [9.17, 15) is 9.59 Å². The fraction of sp³-hybridized carbons (Fsp3) is 0.333. The highest BCUT2D eigenvalue weighted by molar-refractivity contribution is 5.88. The first-order valence-electron chi connectivity index (χ1n) is 5.08. The van der Waals surface area contributed by atoms with Gasteiger partial charge in [-0.1, -0.05) is 12.1 Å². The normalized spacial score (nSPS) is 9.56. The summed E-state index contributed by atoms with van der Waals surface area (Å²) >= 11 is 0. The fourth-order valence-corrected chi connectivity index (χ4v) is 1.35. The van der Waals surface area contributed by atoms with Crippen LogP contribution in [0.1, 0.15) is 18.9 Å². The molecule has 0 spiro atoms. The third-order valence-corrected chi connectivity index (χ3v) is 2.05. The van der Waals surface area contributed by atoms with Gasteiger partial charge in [0, 0.05) is 12.6 Å². The van der Waals surface area contributed by atoms with Gasteiger partial charge in [0.15, 0.2) is 0 Å². The molecule has 0 aliphatic carbocycles. The summed E-state index contributed by atoms with van der Waals surface area (Å²) in [5.41, 5.74) is 1.93. The van der Waals surface area contributed by atoms with Crippen molar-refractivity contribution in [1.29, 1.82) is 0 Å². The quantitative estimate of drug-likeness (QED) is 0.742. The molecule has 4 nitrogen and oxygen atoms in total. The van der Waals surface area contributed by atoms with Crippen LogP contribution in [0.2, 0.25) is 0 Å². The minimum absolute atomic E-state index is 0.0809. The molecular formula is C12H14NO3. The summed E-state index contributed by atoms with van der Waals surface area (Å²) in [6.45, 7) is 3.25. The standard InChI is InChI=1S/C12H14NO3/c1-10(15)13-12-6-4-11(5-7-12)3-2-8-16-9-14/h4-7H,2-3,8H2,1H3,(H,13,15). The van der Waals surface area contributed by atoms with Crippen molar-refractivity contribution < 1.29 is 14.3 Å². The van der Waals surface area contributed by atoms with Crippen LogP contribution in [0.4, 0.5) is 5.69 Å². The SMILES string of the molecule is CC(=O)Nc1ccc(CCCO[C]=O)cc1. The van der Waals surface area contributed by atoms with E-state index < -0.39 is 0 Å². The molecule has 1 N–H and O–H groups in total. The molecule has 0 aromatic heterocycles. The number of aryl methyl sites for hydroxylation is 1. The Hall–Kier alpha value is -1.84. The minimum atomic E-state index is -0.0809. The van der Waals surface area contributed by atoms with Crippen LogP contribution in [0.15, 0.2) is 24.3 Å². The number of hydrogen-bond donors (Lipinski definition) is 1. The number of carbonyl (C=O) groups is 1. The maximum atomic E-state index is 10.8. The lowest BCUT2D eigenvalue weighted by Crippen LogP contribution is -2.05. The lowest BCUT2D eigenvalue weighted by molar-refractivity contribution is -0.114. The van der Waals surface area contributed by atoms with Gasteiger partial charge >= 0.3 is 6.47 Å². The number of ether oxygens (including phenoxy) is 1. The zero-order valence-electron chi connectivity index (χ0n) is 9.16. The minimum Gasteiger partial charge on any atom is -0.457 e. The fourth-order valence-electron chi connectivity index (χ4n) is 1.35. The molecule has 0 unspecified atom stereocenters. The second-order valence-corrected chi connectivity index (χ2v) is 3.41.